The van der Waals surface area contributed by atoms with Gasteiger partial charge in [0, 0.05) is 0 Å². The van der Waals surface area contributed by atoms with Crippen molar-refractivity contribution in [2.24, 2.45) is 0 Å². The number of halogens is 1. The second-order valence-corrected chi connectivity index (χ2v) is 4.04. The van der Waals surface area contributed by atoms with E-state index < -0.39 is 5.97 Å². The van der Waals surface area contributed by atoms with Crippen LogP contribution in [0.15, 0.2) is 24.3 Å². The van der Waals surface area contributed by atoms with Crippen molar-refractivity contribution >= 4 is 17.6 Å². The molecule has 88 valence electrons. The molecule has 0 amide bonds. The lowest BCUT2D eigenvalue weighted by Gasteiger charge is -2.02. The van der Waals surface area contributed by atoms with Crippen LogP contribution in [0.3, 0.4) is 0 Å². The van der Waals surface area contributed by atoms with Gasteiger partial charge in [-0.3, -0.25) is 0 Å². The number of rotatable bonds is 3. The van der Waals surface area contributed by atoms with E-state index in [1.54, 1.807) is 0 Å². The maximum atomic E-state index is 10.7. The minimum absolute atomic E-state index is 0.0399. The number of hydrogen-bond donors (Lipinski definition) is 1. The fraction of sp³-hybridized carbons (Fsp3) is 0.182. The number of aromatic carboxylic acids is 1. The van der Waals surface area contributed by atoms with Crippen LogP contribution in [0.2, 0.25) is 5.15 Å². The lowest BCUT2D eigenvalue weighted by atomic mass is 10.1. The normalized spacial score (nSPS) is 10.5. The van der Waals surface area contributed by atoms with Gasteiger partial charge >= 0.3 is 5.97 Å². The fourth-order valence-corrected chi connectivity index (χ4v) is 1.61. The molecule has 0 spiro atoms. The number of nitrogens with zero attached hydrogens (tertiary/aromatic N) is 3. The molecular weight excluding hydrogens is 242 g/mol. The molecule has 0 unspecified atom stereocenters. The van der Waals surface area contributed by atoms with Crippen LogP contribution in [0.1, 0.15) is 21.6 Å². The van der Waals surface area contributed by atoms with Gasteiger partial charge in [-0.1, -0.05) is 46.6 Å². The molecule has 1 aromatic carbocycles. The minimum Gasteiger partial charge on any atom is -0.476 e. The fourth-order valence-electron chi connectivity index (χ4n) is 1.40. The molecule has 0 aliphatic rings. The third-order valence-electron chi connectivity index (χ3n) is 2.33. The van der Waals surface area contributed by atoms with Crippen LogP contribution in [-0.4, -0.2) is 26.1 Å². The number of aromatic nitrogens is 3. The van der Waals surface area contributed by atoms with Gasteiger partial charge in [-0.05, 0) is 12.5 Å². The van der Waals surface area contributed by atoms with Crippen LogP contribution in [0, 0.1) is 6.92 Å². The average molecular weight is 252 g/mol. The van der Waals surface area contributed by atoms with Gasteiger partial charge in [0.2, 0.25) is 5.69 Å². The Balaban J connectivity index is 2.24. The van der Waals surface area contributed by atoms with E-state index in [2.05, 4.69) is 10.3 Å². The Kier molecular flexibility index (Phi) is 3.10. The molecule has 0 saturated heterocycles. The summed E-state index contributed by atoms with van der Waals surface area (Å²) in [6.07, 6.45) is 0. The lowest BCUT2D eigenvalue weighted by molar-refractivity contribution is 0.0690. The highest BCUT2D eigenvalue weighted by Gasteiger charge is 2.16. The van der Waals surface area contributed by atoms with Crippen molar-refractivity contribution in [3.63, 3.8) is 0 Å². The summed E-state index contributed by atoms with van der Waals surface area (Å²) in [5.41, 5.74) is 1.92. The zero-order chi connectivity index (χ0) is 12.4. The molecule has 0 aliphatic heterocycles. The number of carbonyl (C=O) groups is 1. The Bertz CT molecular complexity index is 548. The average Bonchev–Trinajstić information content (AvgIpc) is 2.64. The summed E-state index contributed by atoms with van der Waals surface area (Å²) in [6, 6.07) is 7.82. The van der Waals surface area contributed by atoms with Crippen molar-refractivity contribution in [3.8, 4) is 0 Å². The van der Waals surface area contributed by atoms with Gasteiger partial charge < -0.3 is 5.11 Å². The summed E-state index contributed by atoms with van der Waals surface area (Å²) in [5.74, 6) is -1.18. The Morgan fingerprint density at radius 3 is 2.59 bits per heavy atom. The Hall–Kier alpha value is -1.88. The van der Waals surface area contributed by atoms with Crippen molar-refractivity contribution in [3.05, 3.63) is 46.2 Å². The summed E-state index contributed by atoms with van der Waals surface area (Å²) in [6.45, 7) is 2.40. The van der Waals surface area contributed by atoms with Crippen LogP contribution in [-0.2, 0) is 6.54 Å². The van der Waals surface area contributed by atoms with E-state index in [1.165, 1.54) is 4.68 Å². The summed E-state index contributed by atoms with van der Waals surface area (Å²) in [4.78, 5) is 10.7. The van der Waals surface area contributed by atoms with E-state index in [0.717, 1.165) is 11.1 Å². The zero-order valence-electron chi connectivity index (χ0n) is 9.09. The number of carboxylic acid groups (broad SMARTS) is 1. The summed E-state index contributed by atoms with van der Waals surface area (Å²) < 4.78 is 1.36. The quantitative estimate of drug-likeness (QED) is 0.906. The van der Waals surface area contributed by atoms with Gasteiger partial charge in [-0.25, -0.2) is 9.48 Å². The van der Waals surface area contributed by atoms with Gasteiger partial charge in [0.25, 0.3) is 0 Å². The highest BCUT2D eigenvalue weighted by molar-refractivity contribution is 6.32. The number of carboxylic acids is 1. The first-order valence-electron chi connectivity index (χ1n) is 4.96. The van der Waals surface area contributed by atoms with Gasteiger partial charge in [0.05, 0.1) is 6.54 Å². The minimum atomic E-state index is -1.18. The third kappa shape index (κ3) is 2.45. The molecule has 0 radical (unpaired) electrons. The maximum Gasteiger partial charge on any atom is 0.359 e. The molecule has 0 fully saturated rings. The van der Waals surface area contributed by atoms with Crippen LogP contribution < -0.4 is 0 Å². The van der Waals surface area contributed by atoms with Crippen molar-refractivity contribution < 1.29 is 9.90 Å². The standard InChI is InChI=1S/C11H10ClN3O2/c1-7-2-4-8(5-3-7)6-15-10(12)9(11(16)17)13-14-15/h2-5H,6H2,1H3,(H,16,17). The highest BCUT2D eigenvalue weighted by atomic mass is 35.5. The van der Waals surface area contributed by atoms with Crippen LogP contribution >= 0.6 is 11.6 Å². The molecule has 0 bridgehead atoms. The molecule has 17 heavy (non-hydrogen) atoms. The summed E-state index contributed by atoms with van der Waals surface area (Å²) in [7, 11) is 0. The first kappa shape index (κ1) is 11.6. The number of hydrogen-bond acceptors (Lipinski definition) is 3. The predicted molar refractivity (Wildman–Crippen MR) is 62.3 cm³/mol. The molecule has 1 aromatic heterocycles. The second-order valence-electron chi connectivity index (χ2n) is 3.68. The van der Waals surface area contributed by atoms with E-state index in [9.17, 15) is 4.79 Å². The topological polar surface area (TPSA) is 68.0 Å². The SMILES string of the molecule is Cc1ccc(Cn2nnc(C(=O)O)c2Cl)cc1. The van der Waals surface area contributed by atoms with Crippen molar-refractivity contribution in [2.75, 3.05) is 0 Å². The second kappa shape index (κ2) is 4.55. The summed E-state index contributed by atoms with van der Waals surface area (Å²) in [5, 5.41) is 16.0. The Morgan fingerprint density at radius 1 is 1.41 bits per heavy atom. The Morgan fingerprint density at radius 2 is 2.06 bits per heavy atom. The molecule has 2 rings (SSSR count). The number of benzene rings is 1. The third-order valence-corrected chi connectivity index (χ3v) is 2.70. The van der Waals surface area contributed by atoms with Crippen molar-refractivity contribution in [2.45, 2.75) is 13.5 Å². The van der Waals surface area contributed by atoms with Gasteiger partial charge in [-0.2, -0.15) is 0 Å². The largest absolute Gasteiger partial charge is 0.476 e. The van der Waals surface area contributed by atoms with Crippen LogP contribution in [0.4, 0.5) is 0 Å². The van der Waals surface area contributed by atoms with Crippen molar-refractivity contribution in [1.82, 2.24) is 15.0 Å². The molecule has 0 saturated carbocycles. The Labute approximate surface area is 103 Å². The van der Waals surface area contributed by atoms with Crippen LogP contribution in [0.25, 0.3) is 0 Å². The van der Waals surface area contributed by atoms with E-state index in [4.69, 9.17) is 16.7 Å². The molecule has 1 heterocycles. The maximum absolute atomic E-state index is 10.7. The molecule has 5 nitrogen and oxygen atoms in total. The van der Waals surface area contributed by atoms with E-state index in [1.807, 2.05) is 31.2 Å². The summed E-state index contributed by atoms with van der Waals surface area (Å²) >= 11 is 5.86. The van der Waals surface area contributed by atoms with E-state index in [-0.39, 0.29) is 10.8 Å². The van der Waals surface area contributed by atoms with Gasteiger partial charge in [0.15, 0.2) is 5.15 Å². The first-order valence-corrected chi connectivity index (χ1v) is 5.33. The van der Waals surface area contributed by atoms with Crippen molar-refractivity contribution in [1.29, 1.82) is 0 Å². The van der Waals surface area contributed by atoms with Crippen LogP contribution in [0.5, 0.6) is 0 Å². The first-order chi connectivity index (χ1) is 8.08. The van der Waals surface area contributed by atoms with Gasteiger partial charge in [-0.15, -0.1) is 5.10 Å². The zero-order valence-corrected chi connectivity index (χ0v) is 9.85. The van der Waals surface area contributed by atoms with Gasteiger partial charge in [0.1, 0.15) is 0 Å². The molecule has 1 N–H and O–H groups in total. The van der Waals surface area contributed by atoms with E-state index >= 15 is 0 Å². The van der Waals surface area contributed by atoms with E-state index in [0.29, 0.717) is 6.54 Å². The number of aryl methyl sites for hydroxylation is 1. The molecule has 2 aromatic rings. The predicted octanol–water partition coefficient (Wildman–Crippen LogP) is 1.99. The molecule has 6 heteroatoms. The lowest BCUT2D eigenvalue weighted by Crippen LogP contribution is -2.03. The molecule has 0 aliphatic carbocycles. The molecule has 0 atom stereocenters. The highest BCUT2D eigenvalue weighted by Crippen LogP contribution is 2.14. The monoisotopic (exact) mass is 251 g/mol. The molecular formula is C11H10ClN3O2. The smallest absolute Gasteiger partial charge is 0.359 e.